The molecule has 1 fully saturated rings. The van der Waals surface area contributed by atoms with Crippen molar-refractivity contribution in [3.05, 3.63) is 35.4 Å². The van der Waals surface area contributed by atoms with Gasteiger partial charge in [-0.2, -0.15) is 0 Å². The third kappa shape index (κ3) is 2.93. The highest BCUT2D eigenvalue weighted by atomic mass is 15.2. The van der Waals surface area contributed by atoms with Gasteiger partial charge < -0.3 is 4.90 Å². The highest BCUT2D eigenvalue weighted by Crippen LogP contribution is 2.18. The van der Waals surface area contributed by atoms with Gasteiger partial charge in [-0.15, -0.1) is 0 Å². The number of fused-ring (bicyclic) bond motifs is 1. The summed E-state index contributed by atoms with van der Waals surface area (Å²) in [5, 5.41) is 0. The van der Waals surface area contributed by atoms with Crippen molar-refractivity contribution in [2.75, 3.05) is 32.7 Å². The van der Waals surface area contributed by atoms with Gasteiger partial charge in [0.2, 0.25) is 0 Å². The predicted molar refractivity (Wildman–Crippen MR) is 75.7 cm³/mol. The molecule has 2 heteroatoms. The van der Waals surface area contributed by atoms with Crippen molar-refractivity contribution in [1.29, 1.82) is 0 Å². The molecule has 0 bridgehead atoms. The van der Waals surface area contributed by atoms with E-state index in [2.05, 4.69) is 34.1 Å². The van der Waals surface area contributed by atoms with Gasteiger partial charge >= 0.3 is 0 Å². The summed E-state index contributed by atoms with van der Waals surface area (Å²) >= 11 is 0. The van der Waals surface area contributed by atoms with E-state index in [0.717, 1.165) is 6.54 Å². The first-order valence-corrected chi connectivity index (χ1v) is 7.43. The quantitative estimate of drug-likeness (QED) is 0.803. The minimum atomic E-state index is 1.16. The summed E-state index contributed by atoms with van der Waals surface area (Å²) in [7, 11) is 0. The highest BCUT2D eigenvalue weighted by molar-refractivity contribution is 5.28. The maximum absolute atomic E-state index is 2.62. The number of likely N-dealkylation sites (tertiary alicyclic amines) is 1. The molecule has 3 rings (SSSR count). The van der Waals surface area contributed by atoms with Crippen LogP contribution in [-0.4, -0.2) is 42.5 Å². The van der Waals surface area contributed by atoms with Crippen LogP contribution in [0.1, 0.15) is 30.4 Å². The Kier molecular flexibility index (Phi) is 3.96. The summed E-state index contributed by atoms with van der Waals surface area (Å²) in [5.74, 6) is 0. The predicted octanol–water partition coefficient (Wildman–Crippen LogP) is 2.53. The van der Waals surface area contributed by atoms with E-state index in [-0.39, 0.29) is 0 Å². The smallest absolute Gasteiger partial charge is 0.0236 e. The summed E-state index contributed by atoms with van der Waals surface area (Å²) in [5.41, 5.74) is 3.11. The zero-order valence-electron chi connectivity index (χ0n) is 11.3. The summed E-state index contributed by atoms with van der Waals surface area (Å²) in [6, 6.07) is 8.92. The fourth-order valence-electron chi connectivity index (χ4n) is 3.27. The molecule has 2 nitrogen and oxygen atoms in total. The van der Waals surface area contributed by atoms with Crippen LogP contribution in [0, 0.1) is 0 Å². The van der Waals surface area contributed by atoms with E-state index in [1.165, 1.54) is 58.4 Å². The third-order valence-electron chi connectivity index (χ3n) is 4.36. The second-order valence-electron chi connectivity index (χ2n) is 5.70. The summed E-state index contributed by atoms with van der Waals surface area (Å²) in [4.78, 5) is 5.25. The van der Waals surface area contributed by atoms with Crippen LogP contribution in [-0.2, 0) is 13.0 Å². The van der Waals surface area contributed by atoms with Gasteiger partial charge in [0.25, 0.3) is 0 Å². The van der Waals surface area contributed by atoms with Gasteiger partial charge in [-0.3, -0.25) is 4.90 Å². The van der Waals surface area contributed by atoms with Crippen molar-refractivity contribution in [2.24, 2.45) is 0 Å². The minimum Gasteiger partial charge on any atom is -0.303 e. The molecule has 1 aromatic rings. The van der Waals surface area contributed by atoms with Crippen LogP contribution in [0.15, 0.2) is 24.3 Å². The van der Waals surface area contributed by atoms with Gasteiger partial charge in [-0.05, 0) is 63.0 Å². The maximum atomic E-state index is 2.62. The molecule has 0 atom stereocenters. The Morgan fingerprint density at radius 3 is 2.39 bits per heavy atom. The molecule has 0 radical (unpaired) electrons. The second-order valence-corrected chi connectivity index (χ2v) is 5.70. The number of hydrogen-bond acceptors (Lipinski definition) is 2. The standard InChI is InChI=1S/C16H24N2/c1-2-7-16-14-18(13-8-15(16)6-1)12-5-11-17-9-3-4-10-17/h1-2,6-7H,3-5,8-14H2. The van der Waals surface area contributed by atoms with E-state index >= 15 is 0 Å². The summed E-state index contributed by atoms with van der Waals surface area (Å²) in [6.45, 7) is 7.65. The first-order chi connectivity index (χ1) is 8.92. The first kappa shape index (κ1) is 12.2. The van der Waals surface area contributed by atoms with Crippen LogP contribution in [0.25, 0.3) is 0 Å². The number of rotatable bonds is 4. The van der Waals surface area contributed by atoms with E-state index in [4.69, 9.17) is 0 Å². The molecule has 1 aromatic carbocycles. The van der Waals surface area contributed by atoms with Crippen LogP contribution in [0.3, 0.4) is 0 Å². The van der Waals surface area contributed by atoms with E-state index in [1.807, 2.05) is 0 Å². The van der Waals surface area contributed by atoms with Crippen LogP contribution in [0.2, 0.25) is 0 Å². The Labute approximate surface area is 111 Å². The Morgan fingerprint density at radius 2 is 1.56 bits per heavy atom. The number of hydrogen-bond donors (Lipinski definition) is 0. The fraction of sp³-hybridized carbons (Fsp3) is 0.625. The number of nitrogens with zero attached hydrogens (tertiary/aromatic N) is 2. The lowest BCUT2D eigenvalue weighted by Crippen LogP contribution is -2.33. The van der Waals surface area contributed by atoms with Crippen LogP contribution in [0.4, 0.5) is 0 Å². The Hall–Kier alpha value is -0.860. The van der Waals surface area contributed by atoms with Crippen molar-refractivity contribution < 1.29 is 0 Å². The molecule has 0 unspecified atom stereocenters. The van der Waals surface area contributed by atoms with Crippen molar-refractivity contribution in [2.45, 2.75) is 32.2 Å². The summed E-state index contributed by atoms with van der Waals surface area (Å²) in [6.07, 6.45) is 5.40. The molecule has 1 saturated heterocycles. The van der Waals surface area contributed by atoms with Crippen molar-refractivity contribution in [3.8, 4) is 0 Å². The SMILES string of the molecule is c1ccc2c(c1)CCN(CCCN1CCCC1)C2. The third-order valence-corrected chi connectivity index (χ3v) is 4.36. The van der Waals surface area contributed by atoms with Gasteiger partial charge in [0.15, 0.2) is 0 Å². The van der Waals surface area contributed by atoms with Gasteiger partial charge in [0, 0.05) is 13.1 Å². The second kappa shape index (κ2) is 5.85. The molecule has 2 aliphatic rings. The van der Waals surface area contributed by atoms with Crippen molar-refractivity contribution in [1.82, 2.24) is 9.80 Å². The maximum Gasteiger partial charge on any atom is 0.0236 e. The lowest BCUT2D eigenvalue weighted by atomic mass is 10.00. The Balaban J connectivity index is 1.44. The topological polar surface area (TPSA) is 6.48 Å². The van der Waals surface area contributed by atoms with Crippen molar-refractivity contribution in [3.63, 3.8) is 0 Å². The lowest BCUT2D eigenvalue weighted by molar-refractivity contribution is 0.230. The van der Waals surface area contributed by atoms with E-state index in [1.54, 1.807) is 11.1 Å². The Bertz CT molecular complexity index is 382. The molecule has 0 aliphatic carbocycles. The molecule has 0 saturated carbocycles. The minimum absolute atomic E-state index is 1.16. The van der Waals surface area contributed by atoms with Gasteiger partial charge in [0.05, 0.1) is 0 Å². The molecule has 0 aromatic heterocycles. The molecular weight excluding hydrogens is 220 g/mol. The largest absolute Gasteiger partial charge is 0.303 e. The van der Waals surface area contributed by atoms with Gasteiger partial charge in [-0.25, -0.2) is 0 Å². The lowest BCUT2D eigenvalue weighted by Gasteiger charge is -2.29. The van der Waals surface area contributed by atoms with E-state index in [0.29, 0.717) is 0 Å². The molecule has 0 N–H and O–H groups in total. The van der Waals surface area contributed by atoms with E-state index in [9.17, 15) is 0 Å². The first-order valence-electron chi connectivity index (χ1n) is 7.43. The normalized spacial score (nSPS) is 21.1. The van der Waals surface area contributed by atoms with Crippen LogP contribution in [0.5, 0.6) is 0 Å². The molecule has 2 aliphatic heterocycles. The average Bonchev–Trinajstić information content (AvgIpc) is 2.92. The number of benzene rings is 1. The van der Waals surface area contributed by atoms with Gasteiger partial charge in [0.1, 0.15) is 0 Å². The van der Waals surface area contributed by atoms with Crippen LogP contribution >= 0.6 is 0 Å². The fourth-order valence-corrected chi connectivity index (χ4v) is 3.27. The van der Waals surface area contributed by atoms with Gasteiger partial charge in [-0.1, -0.05) is 24.3 Å². The van der Waals surface area contributed by atoms with Crippen LogP contribution < -0.4 is 0 Å². The molecule has 98 valence electrons. The van der Waals surface area contributed by atoms with E-state index < -0.39 is 0 Å². The van der Waals surface area contributed by atoms with Crippen molar-refractivity contribution >= 4 is 0 Å². The summed E-state index contributed by atoms with van der Waals surface area (Å²) < 4.78 is 0. The Morgan fingerprint density at radius 1 is 0.833 bits per heavy atom. The molecule has 18 heavy (non-hydrogen) atoms. The average molecular weight is 244 g/mol. The zero-order valence-corrected chi connectivity index (χ0v) is 11.3. The molecule has 2 heterocycles. The molecular formula is C16H24N2. The zero-order chi connectivity index (χ0) is 12.2. The highest BCUT2D eigenvalue weighted by Gasteiger charge is 2.16. The molecule has 0 spiro atoms. The molecule has 0 amide bonds. The monoisotopic (exact) mass is 244 g/mol.